The van der Waals surface area contributed by atoms with Crippen LogP contribution in [-0.4, -0.2) is 23.0 Å². The summed E-state index contributed by atoms with van der Waals surface area (Å²) in [4.78, 5) is 2.52. The predicted molar refractivity (Wildman–Crippen MR) is 79.0 cm³/mol. The Balaban J connectivity index is 1.87. The fourth-order valence-electron chi connectivity index (χ4n) is 2.78. The summed E-state index contributed by atoms with van der Waals surface area (Å²) in [6, 6.07) is 2.87. The van der Waals surface area contributed by atoms with Crippen LogP contribution in [0.15, 0.2) is 16.7 Å². The molecular formula is C16H28N2O. The van der Waals surface area contributed by atoms with E-state index in [9.17, 15) is 0 Å². The van der Waals surface area contributed by atoms with Gasteiger partial charge in [-0.2, -0.15) is 0 Å². The van der Waals surface area contributed by atoms with Crippen LogP contribution in [0.2, 0.25) is 0 Å². The zero-order chi connectivity index (χ0) is 14.0. The van der Waals surface area contributed by atoms with Crippen LogP contribution in [0, 0.1) is 5.92 Å². The Morgan fingerprint density at radius 2 is 2.11 bits per heavy atom. The highest BCUT2D eigenvalue weighted by atomic mass is 16.3. The molecule has 3 heteroatoms. The van der Waals surface area contributed by atoms with Crippen LogP contribution in [-0.2, 0) is 13.1 Å². The highest BCUT2D eigenvalue weighted by Gasteiger charge is 2.26. The van der Waals surface area contributed by atoms with Gasteiger partial charge in [-0.1, -0.05) is 6.92 Å². The van der Waals surface area contributed by atoms with Crippen molar-refractivity contribution in [1.82, 2.24) is 10.2 Å². The third kappa shape index (κ3) is 4.36. The SMILES string of the molecule is CC1CC(C)N(Cc2cc(CNC(C)(C)C)co2)C1. The molecular weight excluding hydrogens is 236 g/mol. The van der Waals surface area contributed by atoms with Gasteiger partial charge in [0.25, 0.3) is 0 Å². The van der Waals surface area contributed by atoms with E-state index in [1.54, 1.807) is 0 Å². The fourth-order valence-corrected chi connectivity index (χ4v) is 2.78. The van der Waals surface area contributed by atoms with E-state index in [-0.39, 0.29) is 5.54 Å². The number of hydrogen-bond acceptors (Lipinski definition) is 3. The molecule has 3 nitrogen and oxygen atoms in total. The van der Waals surface area contributed by atoms with E-state index in [0.29, 0.717) is 6.04 Å². The van der Waals surface area contributed by atoms with Crippen molar-refractivity contribution in [2.75, 3.05) is 6.54 Å². The van der Waals surface area contributed by atoms with Crippen LogP contribution in [0.25, 0.3) is 0 Å². The number of likely N-dealkylation sites (tertiary alicyclic amines) is 1. The lowest BCUT2D eigenvalue weighted by molar-refractivity contribution is 0.235. The summed E-state index contributed by atoms with van der Waals surface area (Å²) in [6.45, 7) is 14.2. The molecule has 0 saturated carbocycles. The van der Waals surface area contributed by atoms with E-state index in [0.717, 1.165) is 24.8 Å². The monoisotopic (exact) mass is 264 g/mol. The van der Waals surface area contributed by atoms with E-state index in [2.05, 4.69) is 50.9 Å². The van der Waals surface area contributed by atoms with Crippen LogP contribution in [0.1, 0.15) is 52.4 Å². The minimum absolute atomic E-state index is 0.149. The van der Waals surface area contributed by atoms with Gasteiger partial charge in [-0.3, -0.25) is 4.90 Å². The molecule has 1 aromatic rings. The van der Waals surface area contributed by atoms with Gasteiger partial charge in [0, 0.05) is 30.2 Å². The Morgan fingerprint density at radius 3 is 2.68 bits per heavy atom. The topological polar surface area (TPSA) is 28.4 Å². The zero-order valence-corrected chi connectivity index (χ0v) is 13.0. The Morgan fingerprint density at radius 1 is 1.37 bits per heavy atom. The first-order valence-electron chi connectivity index (χ1n) is 7.39. The molecule has 2 heterocycles. The maximum atomic E-state index is 5.69. The molecule has 1 aromatic heterocycles. The normalized spacial score (nSPS) is 25.1. The van der Waals surface area contributed by atoms with E-state index in [1.807, 2.05) is 6.26 Å². The molecule has 0 aliphatic carbocycles. The van der Waals surface area contributed by atoms with Gasteiger partial charge < -0.3 is 9.73 Å². The lowest BCUT2D eigenvalue weighted by Crippen LogP contribution is -2.34. The maximum absolute atomic E-state index is 5.69. The van der Waals surface area contributed by atoms with Gasteiger partial charge in [0.2, 0.25) is 0 Å². The van der Waals surface area contributed by atoms with Crippen molar-refractivity contribution < 1.29 is 4.42 Å². The standard InChI is InChI=1S/C16H28N2O/c1-12-6-13(2)18(9-12)10-15-7-14(11-19-15)8-17-16(3,4)5/h7,11-13,17H,6,8-10H2,1-5H3. The summed E-state index contributed by atoms with van der Waals surface area (Å²) in [6.07, 6.45) is 3.19. The molecule has 1 fully saturated rings. The number of rotatable bonds is 4. The Kier molecular flexibility index (Phi) is 4.36. The Labute approximate surface area is 117 Å². The van der Waals surface area contributed by atoms with Crippen LogP contribution in [0.5, 0.6) is 0 Å². The third-order valence-corrected chi connectivity index (χ3v) is 3.80. The van der Waals surface area contributed by atoms with Crippen molar-refractivity contribution in [3.8, 4) is 0 Å². The molecule has 1 saturated heterocycles. The lowest BCUT2D eigenvalue weighted by atomic mass is 10.1. The van der Waals surface area contributed by atoms with Crippen molar-refractivity contribution in [2.24, 2.45) is 5.92 Å². The average Bonchev–Trinajstić information content (AvgIpc) is 2.83. The molecule has 0 spiro atoms. The zero-order valence-electron chi connectivity index (χ0n) is 13.0. The second kappa shape index (κ2) is 5.68. The molecule has 1 aliphatic heterocycles. The number of nitrogens with zero attached hydrogens (tertiary/aromatic N) is 1. The lowest BCUT2D eigenvalue weighted by Gasteiger charge is -2.20. The first-order chi connectivity index (χ1) is 8.83. The molecule has 1 N–H and O–H groups in total. The first-order valence-corrected chi connectivity index (χ1v) is 7.39. The summed E-state index contributed by atoms with van der Waals surface area (Å²) in [5.41, 5.74) is 1.39. The third-order valence-electron chi connectivity index (χ3n) is 3.80. The summed E-state index contributed by atoms with van der Waals surface area (Å²) in [7, 11) is 0. The molecule has 19 heavy (non-hydrogen) atoms. The van der Waals surface area contributed by atoms with Gasteiger partial charge in [-0.05, 0) is 46.1 Å². The van der Waals surface area contributed by atoms with Gasteiger partial charge in [0.1, 0.15) is 5.76 Å². The van der Waals surface area contributed by atoms with Crippen LogP contribution in [0.4, 0.5) is 0 Å². The minimum Gasteiger partial charge on any atom is -0.468 e. The molecule has 2 rings (SSSR count). The fraction of sp³-hybridized carbons (Fsp3) is 0.750. The van der Waals surface area contributed by atoms with Crippen LogP contribution < -0.4 is 5.32 Å². The molecule has 2 atom stereocenters. The van der Waals surface area contributed by atoms with Crippen molar-refractivity contribution >= 4 is 0 Å². The quantitative estimate of drug-likeness (QED) is 0.903. The Bertz CT molecular complexity index is 405. The molecule has 0 aromatic carbocycles. The van der Waals surface area contributed by atoms with Gasteiger partial charge in [-0.15, -0.1) is 0 Å². The van der Waals surface area contributed by atoms with E-state index in [4.69, 9.17) is 4.42 Å². The number of nitrogens with one attached hydrogen (secondary N) is 1. The van der Waals surface area contributed by atoms with Crippen molar-refractivity contribution in [2.45, 2.75) is 65.7 Å². The first kappa shape index (κ1) is 14.6. The Hall–Kier alpha value is -0.800. The highest BCUT2D eigenvalue weighted by Crippen LogP contribution is 2.24. The van der Waals surface area contributed by atoms with E-state index in [1.165, 1.54) is 18.5 Å². The second-order valence-electron chi connectivity index (χ2n) is 7.14. The molecule has 1 aliphatic rings. The number of furan rings is 1. The van der Waals surface area contributed by atoms with Gasteiger partial charge >= 0.3 is 0 Å². The van der Waals surface area contributed by atoms with Crippen molar-refractivity contribution in [1.29, 1.82) is 0 Å². The molecule has 0 bridgehead atoms. The average molecular weight is 264 g/mol. The molecule has 2 unspecified atom stereocenters. The minimum atomic E-state index is 0.149. The van der Waals surface area contributed by atoms with E-state index >= 15 is 0 Å². The van der Waals surface area contributed by atoms with Gasteiger partial charge in [0.15, 0.2) is 0 Å². The van der Waals surface area contributed by atoms with Crippen LogP contribution in [0.3, 0.4) is 0 Å². The van der Waals surface area contributed by atoms with Gasteiger partial charge in [-0.25, -0.2) is 0 Å². The summed E-state index contributed by atoms with van der Waals surface area (Å²) in [5.74, 6) is 1.90. The summed E-state index contributed by atoms with van der Waals surface area (Å²) < 4.78 is 5.69. The van der Waals surface area contributed by atoms with Crippen molar-refractivity contribution in [3.63, 3.8) is 0 Å². The van der Waals surface area contributed by atoms with Crippen LogP contribution >= 0.6 is 0 Å². The number of hydrogen-bond donors (Lipinski definition) is 1. The molecule has 0 radical (unpaired) electrons. The largest absolute Gasteiger partial charge is 0.468 e. The van der Waals surface area contributed by atoms with Gasteiger partial charge in [0.05, 0.1) is 12.8 Å². The predicted octanol–water partition coefficient (Wildman–Crippen LogP) is 3.40. The van der Waals surface area contributed by atoms with Crippen molar-refractivity contribution in [3.05, 3.63) is 23.7 Å². The highest BCUT2D eigenvalue weighted by molar-refractivity contribution is 5.13. The molecule has 0 amide bonds. The second-order valence-corrected chi connectivity index (χ2v) is 7.14. The van der Waals surface area contributed by atoms with E-state index < -0.39 is 0 Å². The molecule has 108 valence electrons. The smallest absolute Gasteiger partial charge is 0.118 e. The maximum Gasteiger partial charge on any atom is 0.118 e. The summed E-state index contributed by atoms with van der Waals surface area (Å²) >= 11 is 0. The summed E-state index contributed by atoms with van der Waals surface area (Å²) in [5, 5.41) is 3.49.